The first kappa shape index (κ1) is 14.8. The third kappa shape index (κ3) is 4.46. The van der Waals surface area contributed by atoms with Gasteiger partial charge in [0.05, 0.1) is 11.7 Å². The van der Waals surface area contributed by atoms with E-state index in [-0.39, 0.29) is 0 Å². The predicted octanol–water partition coefficient (Wildman–Crippen LogP) is 2.66. The molecule has 0 aliphatic heterocycles. The molecule has 0 aromatic heterocycles. The van der Waals surface area contributed by atoms with Gasteiger partial charge in [-0.3, -0.25) is 0 Å². The Kier molecular flexibility index (Phi) is 5.22. The molecule has 1 fully saturated rings. The summed E-state index contributed by atoms with van der Waals surface area (Å²) < 4.78 is 0. The summed E-state index contributed by atoms with van der Waals surface area (Å²) in [4.78, 5) is 0. The molecule has 0 heterocycles. The second-order valence-electron chi connectivity index (χ2n) is 5.48. The molecule has 2 rings (SSSR count). The number of benzene rings is 1. The number of nitrogens with one attached hydrogen (secondary N) is 1. The van der Waals surface area contributed by atoms with Crippen molar-refractivity contribution in [3.63, 3.8) is 0 Å². The van der Waals surface area contributed by atoms with E-state index in [9.17, 15) is 10.2 Å². The number of aliphatic hydroxyl groups excluding tert-OH is 1. The predicted molar refractivity (Wildman–Crippen MR) is 77.3 cm³/mol. The quantitative estimate of drug-likeness (QED) is 0.779. The van der Waals surface area contributed by atoms with Gasteiger partial charge in [-0.15, -0.1) is 0 Å². The van der Waals surface area contributed by atoms with Crippen molar-refractivity contribution in [2.24, 2.45) is 0 Å². The highest BCUT2D eigenvalue weighted by molar-refractivity contribution is 6.30. The first-order chi connectivity index (χ1) is 9.09. The van der Waals surface area contributed by atoms with Crippen molar-refractivity contribution in [2.45, 2.75) is 43.8 Å². The van der Waals surface area contributed by atoms with E-state index in [1.807, 2.05) is 12.1 Å². The van der Waals surface area contributed by atoms with Crippen molar-refractivity contribution in [1.29, 1.82) is 0 Å². The lowest BCUT2D eigenvalue weighted by molar-refractivity contribution is 0.00264. The second-order valence-corrected chi connectivity index (χ2v) is 5.92. The zero-order valence-electron chi connectivity index (χ0n) is 11.1. The minimum Gasteiger partial charge on any atom is -0.389 e. The SMILES string of the molecule is OC(CNCC1(O)CCCCC1)c1ccc(Cl)cc1. The van der Waals surface area contributed by atoms with Gasteiger partial charge < -0.3 is 15.5 Å². The maximum absolute atomic E-state index is 10.3. The molecule has 1 aliphatic rings. The molecule has 106 valence electrons. The third-order valence-corrected chi connectivity index (χ3v) is 4.08. The van der Waals surface area contributed by atoms with E-state index < -0.39 is 11.7 Å². The molecule has 0 bridgehead atoms. The van der Waals surface area contributed by atoms with E-state index in [0.29, 0.717) is 18.1 Å². The molecular formula is C15H22ClNO2. The van der Waals surface area contributed by atoms with Crippen LogP contribution >= 0.6 is 11.6 Å². The Morgan fingerprint density at radius 1 is 1.16 bits per heavy atom. The van der Waals surface area contributed by atoms with E-state index in [1.165, 1.54) is 6.42 Å². The first-order valence-electron chi connectivity index (χ1n) is 6.96. The van der Waals surface area contributed by atoms with Crippen LogP contribution in [0.15, 0.2) is 24.3 Å². The van der Waals surface area contributed by atoms with Crippen molar-refractivity contribution in [2.75, 3.05) is 13.1 Å². The van der Waals surface area contributed by atoms with E-state index in [1.54, 1.807) is 12.1 Å². The fourth-order valence-corrected chi connectivity index (χ4v) is 2.76. The summed E-state index contributed by atoms with van der Waals surface area (Å²) in [7, 11) is 0. The van der Waals surface area contributed by atoms with E-state index in [0.717, 1.165) is 31.2 Å². The minimum absolute atomic E-state index is 0.448. The number of hydrogen-bond acceptors (Lipinski definition) is 3. The molecule has 1 atom stereocenters. The van der Waals surface area contributed by atoms with Crippen molar-refractivity contribution < 1.29 is 10.2 Å². The molecule has 1 aromatic carbocycles. The van der Waals surface area contributed by atoms with Crippen LogP contribution in [0.5, 0.6) is 0 Å². The topological polar surface area (TPSA) is 52.5 Å². The molecule has 1 unspecified atom stereocenters. The van der Waals surface area contributed by atoms with Gasteiger partial charge in [-0.05, 0) is 30.5 Å². The molecule has 0 saturated heterocycles. The minimum atomic E-state index is -0.585. The molecule has 3 N–H and O–H groups in total. The molecule has 0 amide bonds. The molecular weight excluding hydrogens is 262 g/mol. The van der Waals surface area contributed by atoms with Crippen LogP contribution in [0.25, 0.3) is 0 Å². The van der Waals surface area contributed by atoms with Gasteiger partial charge in [-0.25, -0.2) is 0 Å². The fraction of sp³-hybridized carbons (Fsp3) is 0.600. The van der Waals surface area contributed by atoms with Crippen molar-refractivity contribution >= 4 is 11.6 Å². The fourth-order valence-electron chi connectivity index (χ4n) is 2.63. The maximum Gasteiger partial charge on any atom is 0.0914 e. The van der Waals surface area contributed by atoms with Gasteiger partial charge >= 0.3 is 0 Å². The van der Waals surface area contributed by atoms with E-state index in [4.69, 9.17) is 11.6 Å². The number of aliphatic hydroxyl groups is 2. The monoisotopic (exact) mass is 283 g/mol. The van der Waals surface area contributed by atoms with Crippen LogP contribution in [0.4, 0.5) is 0 Å². The van der Waals surface area contributed by atoms with Gasteiger partial charge in [0, 0.05) is 18.1 Å². The molecule has 0 radical (unpaired) electrons. The van der Waals surface area contributed by atoms with Crippen LogP contribution in [0.1, 0.15) is 43.8 Å². The Bertz CT molecular complexity index is 388. The molecule has 19 heavy (non-hydrogen) atoms. The lowest BCUT2D eigenvalue weighted by Crippen LogP contribution is -2.43. The number of hydrogen-bond donors (Lipinski definition) is 3. The largest absolute Gasteiger partial charge is 0.389 e. The molecule has 1 aromatic rings. The standard InChI is InChI=1S/C15H22ClNO2/c16-13-6-4-12(5-7-13)14(18)10-17-11-15(19)8-2-1-3-9-15/h4-7,14,17-19H,1-3,8-11H2. The summed E-state index contributed by atoms with van der Waals surface area (Å²) >= 11 is 5.81. The molecule has 0 spiro atoms. The summed E-state index contributed by atoms with van der Waals surface area (Å²) in [6.45, 7) is 1.00. The maximum atomic E-state index is 10.3. The van der Waals surface area contributed by atoms with Crippen molar-refractivity contribution in [3.05, 3.63) is 34.9 Å². The average molecular weight is 284 g/mol. The van der Waals surface area contributed by atoms with Gasteiger partial charge in [-0.2, -0.15) is 0 Å². The van der Waals surface area contributed by atoms with Gasteiger partial charge in [0.1, 0.15) is 0 Å². The first-order valence-corrected chi connectivity index (χ1v) is 7.33. The highest BCUT2D eigenvalue weighted by Crippen LogP contribution is 2.27. The Balaban J connectivity index is 1.77. The lowest BCUT2D eigenvalue weighted by atomic mass is 9.85. The number of rotatable bonds is 5. The molecule has 4 heteroatoms. The Morgan fingerprint density at radius 2 is 1.79 bits per heavy atom. The number of halogens is 1. The Morgan fingerprint density at radius 3 is 2.42 bits per heavy atom. The summed E-state index contributed by atoms with van der Waals surface area (Å²) in [5.41, 5.74) is 0.255. The third-order valence-electron chi connectivity index (χ3n) is 3.83. The average Bonchev–Trinajstić information content (AvgIpc) is 2.40. The Hall–Kier alpha value is -0.610. The van der Waals surface area contributed by atoms with Crippen LogP contribution in [0.3, 0.4) is 0 Å². The lowest BCUT2D eigenvalue weighted by Gasteiger charge is -2.32. The van der Waals surface area contributed by atoms with Gasteiger partial charge in [-0.1, -0.05) is 43.0 Å². The second kappa shape index (κ2) is 6.71. The van der Waals surface area contributed by atoms with Gasteiger partial charge in [0.15, 0.2) is 0 Å². The van der Waals surface area contributed by atoms with Crippen LogP contribution < -0.4 is 5.32 Å². The van der Waals surface area contributed by atoms with E-state index >= 15 is 0 Å². The van der Waals surface area contributed by atoms with Crippen LogP contribution in [-0.2, 0) is 0 Å². The Labute approximate surface area is 119 Å². The summed E-state index contributed by atoms with van der Waals surface area (Å²) in [6, 6.07) is 7.19. The van der Waals surface area contributed by atoms with Crippen molar-refractivity contribution in [1.82, 2.24) is 5.32 Å². The van der Waals surface area contributed by atoms with Crippen LogP contribution in [-0.4, -0.2) is 28.9 Å². The summed E-state index contributed by atoms with van der Waals surface area (Å²) in [5, 5.41) is 24.2. The van der Waals surface area contributed by atoms with Gasteiger partial charge in [0.2, 0.25) is 0 Å². The smallest absolute Gasteiger partial charge is 0.0914 e. The highest BCUT2D eigenvalue weighted by Gasteiger charge is 2.28. The molecule has 1 saturated carbocycles. The summed E-state index contributed by atoms with van der Waals surface area (Å²) in [6.07, 6.45) is 4.56. The van der Waals surface area contributed by atoms with Crippen LogP contribution in [0, 0.1) is 0 Å². The normalized spacial score (nSPS) is 20.2. The van der Waals surface area contributed by atoms with Gasteiger partial charge in [0.25, 0.3) is 0 Å². The van der Waals surface area contributed by atoms with Crippen LogP contribution in [0.2, 0.25) is 5.02 Å². The summed E-state index contributed by atoms with van der Waals surface area (Å²) in [5.74, 6) is 0. The van der Waals surface area contributed by atoms with Crippen molar-refractivity contribution in [3.8, 4) is 0 Å². The molecule has 3 nitrogen and oxygen atoms in total. The molecule has 1 aliphatic carbocycles. The van der Waals surface area contributed by atoms with E-state index in [2.05, 4.69) is 5.32 Å². The zero-order valence-corrected chi connectivity index (χ0v) is 11.9. The zero-order chi connectivity index (χ0) is 13.7. The highest BCUT2D eigenvalue weighted by atomic mass is 35.5.